The fraction of sp³-hybridized carbons (Fsp3) is 0.127. The molecule has 0 saturated carbocycles. The van der Waals surface area contributed by atoms with E-state index < -0.39 is 11.9 Å². The first-order valence-electron chi connectivity index (χ1n) is 41.2. The molecule has 0 atom stereocenters. The molecular formula is C110H95ClN2O10. The lowest BCUT2D eigenvalue weighted by Gasteiger charge is -2.27. The van der Waals surface area contributed by atoms with E-state index in [-0.39, 0.29) is 13.2 Å². The number of nitrogens with zero attached hydrogens (tertiary/aromatic N) is 2. The van der Waals surface area contributed by atoms with E-state index in [0.29, 0.717) is 37.6 Å². The second-order valence-corrected chi connectivity index (χ2v) is 30.8. The van der Waals surface area contributed by atoms with Gasteiger partial charge in [0.1, 0.15) is 50.7 Å². The third-order valence-corrected chi connectivity index (χ3v) is 21.9. The number of ether oxygens (including phenoxy) is 5. The lowest BCUT2D eigenvalue weighted by Crippen LogP contribution is -2.11. The van der Waals surface area contributed by atoms with Gasteiger partial charge in [-0.1, -0.05) is 193 Å². The van der Waals surface area contributed by atoms with E-state index in [1.165, 1.54) is 50.1 Å². The Hall–Kier alpha value is -14.6. The van der Waals surface area contributed by atoms with E-state index in [0.717, 1.165) is 157 Å². The highest BCUT2D eigenvalue weighted by Gasteiger charge is 2.20. The van der Waals surface area contributed by atoms with Crippen LogP contribution < -0.4 is 24.0 Å². The monoisotopic (exact) mass is 1640 g/mol. The summed E-state index contributed by atoms with van der Waals surface area (Å²) >= 11 is 6.14. The minimum Gasteiger partial charge on any atom is -0.497 e. The molecule has 0 unspecified atom stereocenters. The molecule has 13 heteroatoms. The van der Waals surface area contributed by atoms with E-state index in [2.05, 4.69) is 259 Å². The molecule has 0 spiro atoms. The lowest BCUT2D eigenvalue weighted by molar-refractivity contribution is -0.138. The summed E-state index contributed by atoms with van der Waals surface area (Å²) in [6.45, 7) is 20.9. The number of benzene rings is 15. The number of aryl methyl sites for hydroxylation is 6. The smallest absolute Gasteiger partial charge is 0.330 e. The highest BCUT2D eigenvalue weighted by atomic mass is 35.5. The Bertz CT molecular complexity index is 6620. The van der Waals surface area contributed by atoms with Gasteiger partial charge in [0.05, 0.1) is 33.5 Å². The van der Waals surface area contributed by atoms with E-state index >= 15 is 0 Å². The molecule has 0 N–H and O–H groups in total. The predicted molar refractivity (Wildman–Crippen MR) is 505 cm³/mol. The summed E-state index contributed by atoms with van der Waals surface area (Å²) in [7, 11) is 1.69. The Kier molecular flexibility index (Phi) is 26.5. The molecular weight excluding hydrogens is 1540 g/mol. The summed E-state index contributed by atoms with van der Waals surface area (Å²) in [5.41, 5.74) is 28.7. The summed E-state index contributed by atoms with van der Waals surface area (Å²) in [4.78, 5) is 27.1. The molecule has 123 heavy (non-hydrogen) atoms. The van der Waals surface area contributed by atoms with Crippen molar-refractivity contribution in [3.8, 4) is 50.6 Å². The predicted octanol–water partition coefficient (Wildman–Crippen LogP) is 29.5. The number of hydrogen-bond donors (Lipinski definition) is 0. The maximum atomic E-state index is 11.3. The first-order chi connectivity index (χ1) is 60.0. The number of esters is 2. The molecule has 12 nitrogen and oxygen atoms in total. The molecule has 612 valence electrons. The molecule has 3 heterocycles. The Labute approximate surface area is 722 Å². The Morgan fingerprint density at radius 1 is 0.325 bits per heavy atom. The van der Waals surface area contributed by atoms with Crippen LogP contribution in [0.1, 0.15) is 57.3 Å². The summed E-state index contributed by atoms with van der Waals surface area (Å²) in [5.74, 6) is 1.44. The Morgan fingerprint density at radius 2 is 0.634 bits per heavy atom. The van der Waals surface area contributed by atoms with Crippen molar-refractivity contribution in [3.05, 3.63) is 402 Å². The molecule has 18 aromatic rings. The molecule has 0 bridgehead atoms. The van der Waals surface area contributed by atoms with E-state index in [9.17, 15) is 9.59 Å². The van der Waals surface area contributed by atoms with E-state index in [1.807, 2.05) is 133 Å². The van der Waals surface area contributed by atoms with Crippen LogP contribution in [0, 0.1) is 41.5 Å². The minimum absolute atomic E-state index is 0.263. The molecule has 0 radical (unpaired) electrons. The first-order valence-corrected chi connectivity index (χ1v) is 41.6. The number of para-hydroxylation sites is 3. The van der Waals surface area contributed by atoms with Gasteiger partial charge in [-0.05, 0) is 285 Å². The van der Waals surface area contributed by atoms with Crippen LogP contribution in [-0.4, -0.2) is 45.5 Å². The number of rotatable bonds is 24. The van der Waals surface area contributed by atoms with Gasteiger partial charge in [-0.2, -0.15) is 0 Å². The van der Waals surface area contributed by atoms with Crippen LogP contribution in [0.3, 0.4) is 0 Å². The Morgan fingerprint density at radius 3 is 1.00 bits per heavy atom. The summed E-state index contributed by atoms with van der Waals surface area (Å²) in [6, 6.07) is 113. The average Bonchev–Trinajstić information content (AvgIpc) is 1.63. The maximum Gasteiger partial charge on any atom is 0.330 e. The zero-order valence-electron chi connectivity index (χ0n) is 70.1. The third-order valence-electron chi connectivity index (χ3n) is 21.6. The zero-order valence-corrected chi connectivity index (χ0v) is 70.8. The first kappa shape index (κ1) is 83.5. The second kappa shape index (κ2) is 39.1. The highest BCUT2D eigenvalue weighted by Crippen LogP contribution is 2.44. The lowest BCUT2D eigenvalue weighted by atomic mass is 9.97. The zero-order chi connectivity index (χ0) is 85.3. The van der Waals surface area contributed by atoms with Crippen molar-refractivity contribution in [3.63, 3.8) is 0 Å². The average molecular weight is 1640 g/mol. The molecule has 0 aliphatic heterocycles. The fourth-order valence-electron chi connectivity index (χ4n) is 15.0. The van der Waals surface area contributed by atoms with Crippen molar-refractivity contribution < 1.29 is 46.5 Å². The highest BCUT2D eigenvalue weighted by molar-refractivity contribution is 6.31. The summed E-state index contributed by atoms with van der Waals surface area (Å²) in [6.07, 6.45) is 4.40. The molecule has 18 rings (SSSR count). The number of fused-ring (bicyclic) bond motifs is 9. The summed E-state index contributed by atoms with van der Waals surface area (Å²) < 4.78 is 45.1. The molecule has 3 aromatic heterocycles. The van der Waals surface area contributed by atoms with Crippen molar-refractivity contribution in [1.82, 2.24) is 0 Å². The van der Waals surface area contributed by atoms with E-state index in [1.54, 1.807) is 7.11 Å². The topological polar surface area (TPSA) is 126 Å². The van der Waals surface area contributed by atoms with E-state index in [4.69, 9.17) is 48.5 Å². The van der Waals surface area contributed by atoms with Crippen molar-refractivity contribution in [2.75, 3.05) is 43.3 Å². The maximum absolute atomic E-state index is 11.3. The van der Waals surface area contributed by atoms with Crippen molar-refractivity contribution >= 4 is 123 Å². The van der Waals surface area contributed by atoms with Crippen LogP contribution in [0.25, 0.3) is 99.2 Å². The third kappa shape index (κ3) is 20.3. The quantitative estimate of drug-likeness (QED) is 0.0325. The number of carbonyl (C=O) groups is 2. The fourth-order valence-corrected chi connectivity index (χ4v) is 15.2. The van der Waals surface area contributed by atoms with Gasteiger partial charge in [0.2, 0.25) is 0 Å². The van der Waals surface area contributed by atoms with Gasteiger partial charge in [-0.25, -0.2) is 9.59 Å². The molecule has 0 aliphatic rings. The number of furan rings is 3. The van der Waals surface area contributed by atoms with Crippen LogP contribution in [0.15, 0.2) is 366 Å². The molecule has 15 aromatic carbocycles. The van der Waals surface area contributed by atoms with Crippen LogP contribution in [-0.2, 0) is 25.5 Å². The minimum atomic E-state index is -0.444. The van der Waals surface area contributed by atoms with Gasteiger partial charge in [0.15, 0.2) is 0 Å². The van der Waals surface area contributed by atoms with Crippen LogP contribution in [0.2, 0.25) is 5.02 Å². The molecule has 0 fully saturated rings. The van der Waals surface area contributed by atoms with Gasteiger partial charge >= 0.3 is 11.9 Å². The van der Waals surface area contributed by atoms with Gasteiger partial charge < -0.3 is 46.7 Å². The second-order valence-electron chi connectivity index (χ2n) is 30.4. The normalized spacial score (nSPS) is 11.0. The number of halogens is 1. The van der Waals surface area contributed by atoms with Gasteiger partial charge in [0, 0.05) is 96.5 Å². The van der Waals surface area contributed by atoms with Crippen molar-refractivity contribution in [2.45, 2.75) is 60.8 Å². The standard InChI is InChI=1S/C43H39NO7.C33H27NO.C19H13ClO.C15H16O/c1-4-42(45)49-26-8-24-47-35-19-15-32(16-20-35)44(33-17-21-36(22-18-33)48-25-9-27-50-43(46)5-2)34-14-12-30(3)38(29-34)31-13-23-41-39(28-31)37-10-6-7-11-40(37)51-41;1-22-8-14-26(15-9-22)34(27-16-10-23(2)11-17-27)28-18-12-24(3)30(21-28)25-13-19-33-31(20-25)29-6-4-5-7-32(29)35-33;1-12-6-8-14(20)11-16(12)13-7-9-19-17(10-13)15-4-2-3-5-18(15)21-19;1-12-3-5-13(6-4-12)11-14-7-9-15(16-2)10-8-14/h4-7,10-23,28-29H,1-2,8-9,24-27H2,3H3;4-21H,1-3H3;2-11H,1H3;3-10H,11H2,1-2H3. The van der Waals surface area contributed by atoms with Gasteiger partial charge in [0.25, 0.3) is 0 Å². The summed E-state index contributed by atoms with van der Waals surface area (Å²) in [5, 5.41) is 7.51. The molecule has 0 saturated heterocycles. The van der Waals surface area contributed by atoms with Gasteiger partial charge in [-0.3, -0.25) is 0 Å². The van der Waals surface area contributed by atoms with Crippen LogP contribution in [0.4, 0.5) is 34.1 Å². The largest absolute Gasteiger partial charge is 0.497 e. The van der Waals surface area contributed by atoms with Crippen molar-refractivity contribution in [2.24, 2.45) is 0 Å². The Balaban J connectivity index is 0.000000139. The van der Waals surface area contributed by atoms with Crippen molar-refractivity contribution in [1.29, 1.82) is 0 Å². The number of methoxy groups -OCH3 is 1. The SMILES string of the molecule is C=CC(=O)OCCCOc1ccc(N(c2ccc(OCCCOC(=O)C=C)cc2)c2ccc(C)c(-c3ccc4oc5ccccc5c4c3)c2)cc1.COc1ccc(Cc2ccc(C)cc2)cc1.Cc1ccc(Cl)cc1-c1ccc2oc3ccccc3c2c1.Cc1ccc(N(c2ccc(C)cc2)c2ccc(C)c(-c3ccc4oc5ccccc5c4c3)c2)cc1. The van der Waals surface area contributed by atoms with Gasteiger partial charge in [-0.15, -0.1) is 0 Å². The molecule has 0 aliphatic carbocycles. The van der Waals surface area contributed by atoms with Crippen LogP contribution >= 0.6 is 11.6 Å². The molecule has 0 amide bonds. The number of hydrogen-bond acceptors (Lipinski definition) is 12. The number of anilines is 6. The number of carbonyl (C=O) groups excluding carboxylic acids is 2. The van der Waals surface area contributed by atoms with Crippen LogP contribution in [0.5, 0.6) is 17.2 Å².